The number of carbonyl (C=O) groups is 1. The second-order valence-electron chi connectivity index (χ2n) is 8.11. The van der Waals surface area contributed by atoms with Gasteiger partial charge in [0.05, 0.1) is 25.3 Å². The Morgan fingerprint density at radius 1 is 1.21 bits per heavy atom. The fourth-order valence-electron chi connectivity index (χ4n) is 4.32. The van der Waals surface area contributed by atoms with Gasteiger partial charge in [-0.15, -0.1) is 0 Å². The van der Waals surface area contributed by atoms with Gasteiger partial charge in [-0.2, -0.15) is 5.26 Å². The Bertz CT molecular complexity index is 779. The highest BCUT2D eigenvalue weighted by molar-refractivity contribution is 5.81. The van der Waals surface area contributed by atoms with E-state index in [0.717, 1.165) is 11.1 Å². The van der Waals surface area contributed by atoms with Crippen molar-refractivity contribution < 1.29 is 9.90 Å². The average Bonchev–Trinajstić information content (AvgIpc) is 2.67. The zero-order chi connectivity index (χ0) is 20.1. The van der Waals surface area contributed by atoms with Crippen LogP contribution < -0.4 is 0 Å². The van der Waals surface area contributed by atoms with E-state index in [1.807, 2.05) is 38.4 Å². The Kier molecular flexibility index (Phi) is 6.73. The number of likely N-dealkylation sites (N-methyl/N-ethyl adjacent to an activating group) is 1. The van der Waals surface area contributed by atoms with Crippen LogP contribution in [0.25, 0.3) is 0 Å². The zero-order valence-corrected chi connectivity index (χ0v) is 16.8. The first kappa shape index (κ1) is 20.4. The number of aliphatic hydroxyl groups is 1. The van der Waals surface area contributed by atoms with Crippen molar-refractivity contribution in [3.8, 4) is 17.9 Å². The van der Waals surface area contributed by atoms with Crippen LogP contribution in [0.5, 0.6) is 0 Å². The van der Waals surface area contributed by atoms with E-state index in [1.54, 1.807) is 4.90 Å². The molecule has 3 atom stereocenters. The molecule has 1 saturated heterocycles. The molecule has 1 aliphatic carbocycles. The number of hydrogen-bond donors (Lipinski definition) is 1. The van der Waals surface area contributed by atoms with Crippen LogP contribution in [0.1, 0.15) is 49.1 Å². The number of rotatable bonds is 4. The molecule has 1 aromatic carbocycles. The third kappa shape index (κ3) is 4.38. The van der Waals surface area contributed by atoms with Gasteiger partial charge in [0, 0.05) is 17.4 Å². The summed E-state index contributed by atoms with van der Waals surface area (Å²) in [5.41, 5.74) is 1.95. The molecule has 0 spiro atoms. The second-order valence-corrected chi connectivity index (χ2v) is 8.11. The van der Waals surface area contributed by atoms with E-state index in [2.05, 4.69) is 17.9 Å². The predicted molar refractivity (Wildman–Crippen MR) is 108 cm³/mol. The van der Waals surface area contributed by atoms with E-state index in [9.17, 15) is 15.2 Å². The molecule has 0 bridgehead atoms. The number of hydrogen-bond acceptors (Lipinski definition) is 4. The van der Waals surface area contributed by atoms with Gasteiger partial charge < -0.3 is 14.9 Å². The summed E-state index contributed by atoms with van der Waals surface area (Å²) >= 11 is 0. The zero-order valence-electron chi connectivity index (χ0n) is 16.8. The molecule has 0 radical (unpaired) electrons. The first-order valence-electron chi connectivity index (χ1n) is 10.1. The lowest BCUT2D eigenvalue weighted by molar-refractivity contribution is -0.147. The topological polar surface area (TPSA) is 67.6 Å². The fraction of sp³-hybridized carbons (Fsp3) is 0.565. The van der Waals surface area contributed by atoms with E-state index in [-0.39, 0.29) is 31.0 Å². The number of aliphatic hydroxyl groups excluding tert-OH is 1. The van der Waals surface area contributed by atoms with Gasteiger partial charge in [0.15, 0.2) is 0 Å². The van der Waals surface area contributed by atoms with Gasteiger partial charge in [-0.25, -0.2) is 0 Å². The Morgan fingerprint density at radius 2 is 1.89 bits per heavy atom. The molecule has 0 aromatic heterocycles. The first-order chi connectivity index (χ1) is 13.5. The lowest BCUT2D eigenvalue weighted by Gasteiger charge is -2.51. The van der Waals surface area contributed by atoms with Crippen LogP contribution in [0.3, 0.4) is 0 Å². The maximum Gasteiger partial charge on any atom is 0.238 e. The molecular formula is C23H29N3O2. The largest absolute Gasteiger partial charge is 0.394 e. The monoisotopic (exact) mass is 379 g/mol. The van der Waals surface area contributed by atoms with Crippen molar-refractivity contribution in [3.63, 3.8) is 0 Å². The van der Waals surface area contributed by atoms with E-state index in [4.69, 9.17) is 0 Å². The number of likely N-dealkylation sites (tertiary alicyclic amines) is 1. The standard InChI is InChI=1S/C23H29N3O2/c1-25(2)15-22(28)26-20(14-24)23(21(26)16-27)19-12-10-18(11-13-19)9-8-17-6-4-3-5-7-17/h10-13,17,20-21,23,27H,3-7,15-16H2,1-2H3/t20-,21+,23-/m1/s1. The summed E-state index contributed by atoms with van der Waals surface area (Å²) in [6, 6.07) is 9.29. The van der Waals surface area contributed by atoms with Crippen molar-refractivity contribution in [2.24, 2.45) is 5.92 Å². The molecular weight excluding hydrogens is 350 g/mol. The third-order valence-electron chi connectivity index (χ3n) is 5.79. The summed E-state index contributed by atoms with van der Waals surface area (Å²) in [7, 11) is 3.63. The van der Waals surface area contributed by atoms with Gasteiger partial charge in [-0.05, 0) is 44.6 Å². The van der Waals surface area contributed by atoms with Gasteiger partial charge in [-0.3, -0.25) is 4.79 Å². The van der Waals surface area contributed by atoms with Gasteiger partial charge in [0.25, 0.3) is 0 Å². The Balaban J connectivity index is 1.71. The minimum absolute atomic E-state index is 0.123. The van der Waals surface area contributed by atoms with Gasteiger partial charge in [0.2, 0.25) is 5.91 Å². The summed E-state index contributed by atoms with van der Waals surface area (Å²) in [5, 5.41) is 19.4. The molecule has 148 valence electrons. The highest BCUT2D eigenvalue weighted by Gasteiger charge is 2.51. The number of amides is 1. The molecule has 2 fully saturated rings. The average molecular weight is 380 g/mol. The number of benzene rings is 1. The highest BCUT2D eigenvalue weighted by atomic mass is 16.3. The van der Waals surface area contributed by atoms with E-state index in [0.29, 0.717) is 5.92 Å². The van der Waals surface area contributed by atoms with Crippen molar-refractivity contribution in [2.45, 2.75) is 50.1 Å². The molecule has 2 aliphatic rings. The Morgan fingerprint density at radius 3 is 2.46 bits per heavy atom. The number of nitriles is 1. The predicted octanol–water partition coefficient (Wildman–Crippen LogP) is 2.36. The first-order valence-corrected chi connectivity index (χ1v) is 10.1. The van der Waals surface area contributed by atoms with Crippen molar-refractivity contribution >= 4 is 5.91 Å². The van der Waals surface area contributed by atoms with Crippen LogP contribution in [-0.2, 0) is 4.79 Å². The van der Waals surface area contributed by atoms with Crippen LogP contribution in [0.2, 0.25) is 0 Å². The fourth-order valence-corrected chi connectivity index (χ4v) is 4.32. The van der Waals surface area contributed by atoms with Gasteiger partial charge >= 0.3 is 0 Å². The van der Waals surface area contributed by atoms with Gasteiger partial charge in [0.1, 0.15) is 6.04 Å². The summed E-state index contributed by atoms with van der Waals surface area (Å²) in [6.07, 6.45) is 6.29. The maximum atomic E-state index is 12.4. The minimum Gasteiger partial charge on any atom is -0.394 e. The molecule has 1 heterocycles. The molecule has 1 amide bonds. The molecule has 1 aliphatic heterocycles. The molecule has 0 unspecified atom stereocenters. The molecule has 3 rings (SSSR count). The molecule has 28 heavy (non-hydrogen) atoms. The minimum atomic E-state index is -0.538. The number of carbonyl (C=O) groups excluding carboxylic acids is 1. The van der Waals surface area contributed by atoms with E-state index >= 15 is 0 Å². The third-order valence-corrected chi connectivity index (χ3v) is 5.79. The van der Waals surface area contributed by atoms with Crippen LogP contribution in [0.15, 0.2) is 24.3 Å². The maximum absolute atomic E-state index is 12.4. The van der Waals surface area contributed by atoms with Crippen molar-refractivity contribution in [2.75, 3.05) is 27.2 Å². The molecule has 5 heteroatoms. The number of nitrogens with zero attached hydrogens (tertiary/aromatic N) is 3. The summed E-state index contributed by atoms with van der Waals surface area (Å²) < 4.78 is 0. The second kappa shape index (κ2) is 9.24. The van der Waals surface area contributed by atoms with Crippen LogP contribution in [0, 0.1) is 29.1 Å². The van der Waals surface area contributed by atoms with Crippen molar-refractivity contribution in [1.29, 1.82) is 5.26 Å². The highest BCUT2D eigenvalue weighted by Crippen LogP contribution is 2.40. The summed E-state index contributed by atoms with van der Waals surface area (Å²) in [4.78, 5) is 15.7. The molecule has 1 N–H and O–H groups in total. The molecule has 5 nitrogen and oxygen atoms in total. The van der Waals surface area contributed by atoms with Crippen molar-refractivity contribution in [3.05, 3.63) is 35.4 Å². The summed E-state index contributed by atoms with van der Waals surface area (Å²) in [5.74, 6) is 6.90. The van der Waals surface area contributed by atoms with Gasteiger partial charge in [-0.1, -0.05) is 43.2 Å². The van der Waals surface area contributed by atoms with Crippen LogP contribution >= 0.6 is 0 Å². The van der Waals surface area contributed by atoms with E-state index in [1.165, 1.54) is 37.0 Å². The van der Waals surface area contributed by atoms with Crippen LogP contribution in [0.4, 0.5) is 0 Å². The molecule has 1 aromatic rings. The lowest BCUT2D eigenvalue weighted by Crippen LogP contribution is -2.66. The normalized spacial score (nSPS) is 24.8. The SMILES string of the molecule is CN(C)CC(=O)N1[C@H](C#N)[C@@H](c2ccc(C#CC3CCCCC3)cc2)[C@@H]1CO. The van der Waals surface area contributed by atoms with E-state index < -0.39 is 6.04 Å². The Hall–Kier alpha value is -2.34. The lowest BCUT2D eigenvalue weighted by atomic mass is 9.75. The Labute approximate surface area is 167 Å². The van der Waals surface area contributed by atoms with Crippen molar-refractivity contribution in [1.82, 2.24) is 9.80 Å². The summed E-state index contributed by atoms with van der Waals surface area (Å²) in [6.45, 7) is 0.0857. The van der Waals surface area contributed by atoms with Crippen LogP contribution in [-0.4, -0.2) is 60.1 Å². The quantitative estimate of drug-likeness (QED) is 0.816. The molecule has 1 saturated carbocycles. The smallest absolute Gasteiger partial charge is 0.238 e.